The molecular formula is C9H21ClN2. The number of hydrogen-bond donors (Lipinski definition) is 0. The van der Waals surface area contributed by atoms with Crippen LogP contribution in [-0.4, -0.2) is 56.5 Å². The fourth-order valence-electron chi connectivity index (χ4n) is 1.29. The molecule has 0 heterocycles. The molecule has 3 heteroatoms. The molecule has 1 unspecified atom stereocenters. The highest BCUT2D eigenvalue weighted by atomic mass is 35.5. The molecule has 12 heavy (non-hydrogen) atoms. The Balaban J connectivity index is 3.87. The van der Waals surface area contributed by atoms with Crippen LogP contribution in [0.1, 0.15) is 6.92 Å². The molecule has 0 radical (unpaired) electrons. The lowest BCUT2D eigenvalue weighted by atomic mass is 10.1. The molecule has 0 aliphatic heterocycles. The molecule has 74 valence electrons. The molecule has 0 saturated carbocycles. The summed E-state index contributed by atoms with van der Waals surface area (Å²) in [5.74, 6) is 0.552. The highest BCUT2D eigenvalue weighted by Crippen LogP contribution is 2.11. The van der Waals surface area contributed by atoms with Gasteiger partial charge in [-0.2, -0.15) is 0 Å². The van der Waals surface area contributed by atoms with Gasteiger partial charge in [0.2, 0.25) is 0 Å². The van der Waals surface area contributed by atoms with Gasteiger partial charge in [-0.1, -0.05) is 0 Å². The summed E-state index contributed by atoms with van der Waals surface area (Å²) < 4.78 is 0. The summed E-state index contributed by atoms with van der Waals surface area (Å²) in [6, 6.07) is 0. The van der Waals surface area contributed by atoms with Gasteiger partial charge in [-0.05, 0) is 35.1 Å². The minimum Gasteiger partial charge on any atom is -0.309 e. The maximum atomic E-state index is 6.08. The van der Waals surface area contributed by atoms with E-state index in [4.69, 9.17) is 11.6 Å². The first-order valence-electron chi connectivity index (χ1n) is 4.37. The van der Waals surface area contributed by atoms with Crippen LogP contribution >= 0.6 is 11.6 Å². The van der Waals surface area contributed by atoms with E-state index in [1.54, 1.807) is 0 Å². The van der Waals surface area contributed by atoms with Crippen LogP contribution in [0.2, 0.25) is 0 Å². The smallest absolute Gasteiger partial charge is 0.0360 e. The van der Waals surface area contributed by atoms with Crippen LogP contribution in [0.25, 0.3) is 0 Å². The van der Waals surface area contributed by atoms with E-state index < -0.39 is 0 Å². The summed E-state index contributed by atoms with van der Waals surface area (Å²) in [7, 11) is 8.34. The van der Waals surface area contributed by atoms with Crippen LogP contribution in [0.5, 0.6) is 0 Å². The van der Waals surface area contributed by atoms with Gasteiger partial charge in [0.25, 0.3) is 0 Å². The lowest BCUT2D eigenvalue weighted by Crippen LogP contribution is -2.34. The second-order valence-corrected chi connectivity index (χ2v) is 4.65. The van der Waals surface area contributed by atoms with Crippen LogP contribution in [0, 0.1) is 5.92 Å². The topological polar surface area (TPSA) is 6.48 Å². The molecule has 0 bridgehead atoms. The molecule has 0 fully saturated rings. The van der Waals surface area contributed by atoms with Crippen molar-refractivity contribution in [3.8, 4) is 0 Å². The minimum absolute atomic E-state index is 0.245. The molecule has 0 amide bonds. The zero-order valence-electron chi connectivity index (χ0n) is 8.84. The van der Waals surface area contributed by atoms with Crippen molar-refractivity contribution in [1.82, 2.24) is 9.80 Å². The van der Waals surface area contributed by atoms with Crippen molar-refractivity contribution >= 4 is 11.6 Å². The first-order valence-corrected chi connectivity index (χ1v) is 4.80. The fraction of sp³-hybridized carbons (Fsp3) is 1.00. The van der Waals surface area contributed by atoms with Gasteiger partial charge in [-0.15, -0.1) is 11.6 Å². The summed E-state index contributed by atoms with van der Waals surface area (Å²) in [4.78, 5) is 4.38. The van der Waals surface area contributed by atoms with Crippen LogP contribution in [0.3, 0.4) is 0 Å². The van der Waals surface area contributed by atoms with E-state index in [2.05, 4.69) is 44.9 Å². The third-order valence-corrected chi connectivity index (χ3v) is 2.21. The summed E-state index contributed by atoms with van der Waals surface area (Å²) in [6.07, 6.45) is 0. The van der Waals surface area contributed by atoms with Gasteiger partial charge < -0.3 is 9.80 Å². The Labute approximate surface area is 81.5 Å². The number of nitrogens with zero attached hydrogens (tertiary/aromatic N) is 2. The van der Waals surface area contributed by atoms with Crippen molar-refractivity contribution in [2.24, 2.45) is 5.92 Å². The monoisotopic (exact) mass is 192 g/mol. The van der Waals surface area contributed by atoms with Crippen molar-refractivity contribution in [3.63, 3.8) is 0 Å². The van der Waals surface area contributed by atoms with E-state index in [0.717, 1.165) is 13.1 Å². The van der Waals surface area contributed by atoms with E-state index in [0.29, 0.717) is 5.92 Å². The Bertz CT molecular complexity index is 103. The van der Waals surface area contributed by atoms with Crippen molar-refractivity contribution in [2.75, 3.05) is 41.3 Å². The SMILES string of the molecule is CC(Cl)C(CN(C)C)CN(C)C. The zero-order chi connectivity index (χ0) is 9.72. The van der Waals surface area contributed by atoms with Gasteiger partial charge in [-0.25, -0.2) is 0 Å². The van der Waals surface area contributed by atoms with E-state index in [1.807, 2.05) is 0 Å². The van der Waals surface area contributed by atoms with Crippen LogP contribution in [0.15, 0.2) is 0 Å². The van der Waals surface area contributed by atoms with Gasteiger partial charge in [0.15, 0.2) is 0 Å². The molecule has 0 spiro atoms. The molecule has 0 aromatic carbocycles. The molecule has 0 aliphatic carbocycles. The molecule has 0 aliphatic rings. The fourth-order valence-corrected chi connectivity index (χ4v) is 1.45. The van der Waals surface area contributed by atoms with Gasteiger partial charge >= 0.3 is 0 Å². The second kappa shape index (κ2) is 5.79. The summed E-state index contributed by atoms with van der Waals surface area (Å²) in [6.45, 7) is 4.19. The molecule has 0 rings (SSSR count). The zero-order valence-corrected chi connectivity index (χ0v) is 9.60. The van der Waals surface area contributed by atoms with Crippen LogP contribution < -0.4 is 0 Å². The number of rotatable bonds is 5. The van der Waals surface area contributed by atoms with Crippen LogP contribution in [0.4, 0.5) is 0 Å². The van der Waals surface area contributed by atoms with Gasteiger partial charge in [0.05, 0.1) is 0 Å². The average Bonchev–Trinajstić information content (AvgIpc) is 1.83. The second-order valence-electron chi connectivity index (χ2n) is 3.96. The minimum atomic E-state index is 0.245. The van der Waals surface area contributed by atoms with Crippen molar-refractivity contribution < 1.29 is 0 Å². The molecule has 2 nitrogen and oxygen atoms in total. The maximum Gasteiger partial charge on any atom is 0.0360 e. The van der Waals surface area contributed by atoms with Crippen molar-refractivity contribution in [3.05, 3.63) is 0 Å². The van der Waals surface area contributed by atoms with E-state index in [9.17, 15) is 0 Å². The first-order chi connectivity index (χ1) is 5.43. The lowest BCUT2D eigenvalue weighted by Gasteiger charge is -2.25. The molecule has 0 aromatic heterocycles. The summed E-state index contributed by atoms with van der Waals surface area (Å²) in [5, 5.41) is 0.245. The average molecular weight is 193 g/mol. The predicted octanol–water partition coefficient (Wildman–Crippen LogP) is 1.35. The molecular weight excluding hydrogens is 172 g/mol. The van der Waals surface area contributed by atoms with Crippen LogP contribution in [-0.2, 0) is 0 Å². The highest BCUT2D eigenvalue weighted by Gasteiger charge is 2.16. The summed E-state index contributed by atoms with van der Waals surface area (Å²) in [5.41, 5.74) is 0. The molecule has 0 saturated heterocycles. The van der Waals surface area contributed by atoms with Gasteiger partial charge in [-0.3, -0.25) is 0 Å². The Morgan fingerprint density at radius 1 is 1.00 bits per heavy atom. The maximum absolute atomic E-state index is 6.08. The normalized spacial score (nSPS) is 14.8. The van der Waals surface area contributed by atoms with Crippen molar-refractivity contribution in [2.45, 2.75) is 12.3 Å². The number of alkyl halides is 1. The highest BCUT2D eigenvalue weighted by molar-refractivity contribution is 6.20. The summed E-state index contributed by atoms with van der Waals surface area (Å²) >= 11 is 6.08. The largest absolute Gasteiger partial charge is 0.309 e. The molecule has 0 N–H and O–H groups in total. The Hall–Kier alpha value is 0.210. The first kappa shape index (κ1) is 12.2. The van der Waals surface area contributed by atoms with Gasteiger partial charge in [0, 0.05) is 24.4 Å². The number of halogens is 1. The van der Waals surface area contributed by atoms with E-state index >= 15 is 0 Å². The Kier molecular flexibility index (Phi) is 5.89. The molecule has 1 atom stereocenters. The number of hydrogen-bond acceptors (Lipinski definition) is 2. The van der Waals surface area contributed by atoms with E-state index in [1.165, 1.54) is 0 Å². The predicted molar refractivity (Wildman–Crippen MR) is 55.9 cm³/mol. The lowest BCUT2D eigenvalue weighted by molar-refractivity contribution is 0.256. The third-order valence-electron chi connectivity index (χ3n) is 1.85. The van der Waals surface area contributed by atoms with Gasteiger partial charge in [0.1, 0.15) is 0 Å². The molecule has 0 aromatic rings. The van der Waals surface area contributed by atoms with E-state index in [-0.39, 0.29) is 5.38 Å². The Morgan fingerprint density at radius 3 is 1.50 bits per heavy atom. The standard InChI is InChI=1S/C9H21ClN2/c1-8(10)9(6-11(2)3)7-12(4)5/h8-9H,6-7H2,1-5H3. The third kappa shape index (κ3) is 5.81. The Morgan fingerprint density at radius 2 is 1.33 bits per heavy atom. The van der Waals surface area contributed by atoms with Crippen molar-refractivity contribution in [1.29, 1.82) is 0 Å². The quantitative estimate of drug-likeness (QED) is 0.607.